The highest BCUT2D eigenvalue weighted by molar-refractivity contribution is 5.36. The van der Waals surface area contributed by atoms with Gasteiger partial charge in [-0.25, -0.2) is 0 Å². The van der Waals surface area contributed by atoms with Gasteiger partial charge in [0.1, 0.15) is 12.4 Å². The van der Waals surface area contributed by atoms with E-state index in [-0.39, 0.29) is 6.10 Å². The number of nitrogens with zero attached hydrogens (tertiary/aromatic N) is 2. The van der Waals surface area contributed by atoms with Crippen molar-refractivity contribution in [2.45, 2.75) is 18.9 Å². The van der Waals surface area contributed by atoms with Gasteiger partial charge in [-0.1, -0.05) is 6.07 Å². The molecule has 0 bridgehead atoms. The molecule has 1 unspecified atom stereocenters. The minimum Gasteiger partial charge on any atom is -0.492 e. The minimum atomic E-state index is -0.202. The Morgan fingerprint density at radius 1 is 1.53 bits per heavy atom. The molecule has 2 rings (SSSR count). The summed E-state index contributed by atoms with van der Waals surface area (Å²) in [6.07, 6.45) is 2.12. The Hall–Kier alpha value is -1.57. The molecule has 0 aliphatic heterocycles. The molecule has 0 heterocycles. The van der Waals surface area contributed by atoms with Crippen LogP contribution in [0.2, 0.25) is 0 Å². The van der Waals surface area contributed by atoms with Crippen LogP contribution in [0.1, 0.15) is 18.4 Å². The van der Waals surface area contributed by atoms with Crippen molar-refractivity contribution in [2.75, 3.05) is 26.7 Å². The second kappa shape index (κ2) is 6.55. The second-order valence-corrected chi connectivity index (χ2v) is 5.16. The van der Waals surface area contributed by atoms with Crippen molar-refractivity contribution in [3.05, 3.63) is 29.8 Å². The van der Waals surface area contributed by atoms with Gasteiger partial charge >= 0.3 is 0 Å². The molecule has 19 heavy (non-hydrogen) atoms. The Morgan fingerprint density at radius 2 is 2.32 bits per heavy atom. The number of aliphatic hydroxyl groups excluding tert-OH is 1. The Morgan fingerprint density at radius 3 is 3.00 bits per heavy atom. The first kappa shape index (κ1) is 13.9. The van der Waals surface area contributed by atoms with Crippen molar-refractivity contribution >= 4 is 0 Å². The number of ether oxygens (including phenoxy) is 1. The number of likely N-dealkylation sites (N-methyl/N-ethyl adjacent to an activating group) is 1. The smallest absolute Gasteiger partial charge is 0.120 e. The maximum Gasteiger partial charge on any atom is 0.120 e. The molecule has 0 amide bonds. The van der Waals surface area contributed by atoms with E-state index in [0.717, 1.165) is 25.1 Å². The molecule has 0 radical (unpaired) electrons. The fraction of sp³-hybridized carbons (Fsp3) is 0.533. The number of rotatable bonds is 7. The Bertz CT molecular complexity index is 452. The van der Waals surface area contributed by atoms with Crippen LogP contribution in [0.4, 0.5) is 0 Å². The molecule has 1 aromatic rings. The van der Waals surface area contributed by atoms with Crippen LogP contribution in [-0.2, 0) is 0 Å². The third-order valence-electron chi connectivity index (χ3n) is 3.37. The number of nitriles is 1. The van der Waals surface area contributed by atoms with Crippen molar-refractivity contribution in [1.29, 1.82) is 5.26 Å². The van der Waals surface area contributed by atoms with E-state index in [1.807, 2.05) is 19.2 Å². The first-order chi connectivity index (χ1) is 9.19. The number of aliphatic hydroxyl groups is 1. The lowest BCUT2D eigenvalue weighted by molar-refractivity contribution is 0.0998. The van der Waals surface area contributed by atoms with Crippen molar-refractivity contribution in [1.82, 2.24) is 4.90 Å². The fourth-order valence-corrected chi connectivity index (χ4v) is 2.02. The molecule has 1 N–H and O–H groups in total. The van der Waals surface area contributed by atoms with Crippen molar-refractivity contribution in [3.63, 3.8) is 0 Å². The molecular formula is C15H20N2O2. The summed E-state index contributed by atoms with van der Waals surface area (Å²) in [5.41, 5.74) is 0.606. The maximum absolute atomic E-state index is 9.83. The third kappa shape index (κ3) is 4.55. The minimum absolute atomic E-state index is 0.202. The zero-order valence-electron chi connectivity index (χ0n) is 11.2. The van der Waals surface area contributed by atoms with Gasteiger partial charge in [0.25, 0.3) is 0 Å². The summed E-state index contributed by atoms with van der Waals surface area (Å²) in [5, 5.41) is 18.6. The lowest BCUT2D eigenvalue weighted by Gasteiger charge is -2.20. The van der Waals surface area contributed by atoms with Crippen molar-refractivity contribution in [2.24, 2.45) is 5.92 Å². The van der Waals surface area contributed by atoms with E-state index in [1.165, 1.54) is 0 Å². The maximum atomic E-state index is 9.83. The molecule has 4 heteroatoms. The quantitative estimate of drug-likeness (QED) is 0.809. The van der Waals surface area contributed by atoms with E-state index in [0.29, 0.717) is 24.6 Å². The molecule has 1 atom stereocenters. The van der Waals surface area contributed by atoms with Crippen LogP contribution in [0, 0.1) is 17.2 Å². The van der Waals surface area contributed by atoms with E-state index in [9.17, 15) is 5.11 Å². The van der Waals surface area contributed by atoms with Crippen molar-refractivity contribution < 1.29 is 9.84 Å². The Kier molecular flexibility index (Phi) is 4.78. The largest absolute Gasteiger partial charge is 0.492 e. The highest BCUT2D eigenvalue weighted by Gasteiger charge is 2.30. The third-order valence-corrected chi connectivity index (χ3v) is 3.37. The van der Waals surface area contributed by atoms with Crippen LogP contribution < -0.4 is 4.74 Å². The molecule has 0 saturated heterocycles. The molecule has 0 aromatic heterocycles. The average Bonchev–Trinajstić information content (AvgIpc) is 3.23. The van der Waals surface area contributed by atoms with Gasteiger partial charge in [0, 0.05) is 13.1 Å². The number of benzene rings is 1. The van der Waals surface area contributed by atoms with Crippen molar-refractivity contribution in [3.8, 4) is 11.8 Å². The molecule has 1 saturated carbocycles. The van der Waals surface area contributed by atoms with E-state index in [2.05, 4.69) is 11.0 Å². The molecule has 0 spiro atoms. The summed E-state index contributed by atoms with van der Waals surface area (Å²) in [7, 11) is 1.99. The molecule has 1 aromatic carbocycles. The number of hydrogen-bond acceptors (Lipinski definition) is 4. The lowest BCUT2D eigenvalue weighted by Crippen LogP contribution is -2.33. The average molecular weight is 260 g/mol. The number of hydrogen-bond donors (Lipinski definition) is 1. The molecule has 1 aliphatic rings. The van der Waals surface area contributed by atoms with Crippen LogP contribution in [-0.4, -0.2) is 42.9 Å². The predicted molar refractivity (Wildman–Crippen MR) is 72.9 cm³/mol. The summed E-state index contributed by atoms with van der Waals surface area (Å²) in [4.78, 5) is 2.08. The fourth-order valence-electron chi connectivity index (χ4n) is 2.02. The van der Waals surface area contributed by atoms with Gasteiger partial charge in [-0.2, -0.15) is 5.26 Å². The van der Waals surface area contributed by atoms with Crippen LogP contribution in [0.15, 0.2) is 24.3 Å². The van der Waals surface area contributed by atoms with E-state index < -0.39 is 0 Å². The zero-order valence-corrected chi connectivity index (χ0v) is 11.2. The summed E-state index contributed by atoms with van der Waals surface area (Å²) >= 11 is 0. The van der Waals surface area contributed by atoms with Gasteiger partial charge in [0.05, 0.1) is 17.7 Å². The van der Waals surface area contributed by atoms with Gasteiger partial charge in [-0.05, 0) is 44.0 Å². The second-order valence-electron chi connectivity index (χ2n) is 5.16. The lowest BCUT2D eigenvalue weighted by atomic mass is 10.2. The Balaban J connectivity index is 1.68. The standard InChI is InChI=1S/C15H20N2O2/c1-17(11-15(18)13-5-6-13)7-8-19-14-4-2-3-12(9-14)10-16/h2-4,9,13,15,18H,5-8,11H2,1H3. The normalized spacial score (nSPS) is 16.1. The summed E-state index contributed by atoms with van der Waals surface area (Å²) < 4.78 is 5.60. The van der Waals surface area contributed by atoms with Gasteiger partial charge in [-0.3, -0.25) is 0 Å². The van der Waals surface area contributed by atoms with Gasteiger partial charge in [0.2, 0.25) is 0 Å². The van der Waals surface area contributed by atoms with Crippen LogP contribution in [0.25, 0.3) is 0 Å². The molecule has 1 aliphatic carbocycles. The molecular weight excluding hydrogens is 240 g/mol. The molecule has 4 nitrogen and oxygen atoms in total. The highest BCUT2D eigenvalue weighted by Crippen LogP contribution is 2.32. The van der Waals surface area contributed by atoms with E-state index in [1.54, 1.807) is 12.1 Å². The van der Waals surface area contributed by atoms with Gasteiger partial charge in [-0.15, -0.1) is 0 Å². The summed E-state index contributed by atoms with van der Waals surface area (Å²) in [6.45, 7) is 2.02. The van der Waals surface area contributed by atoms with Crippen LogP contribution in [0.5, 0.6) is 5.75 Å². The van der Waals surface area contributed by atoms with Crippen LogP contribution in [0.3, 0.4) is 0 Å². The monoisotopic (exact) mass is 260 g/mol. The van der Waals surface area contributed by atoms with Gasteiger partial charge < -0.3 is 14.7 Å². The van der Waals surface area contributed by atoms with E-state index >= 15 is 0 Å². The molecule has 1 fully saturated rings. The van der Waals surface area contributed by atoms with Crippen LogP contribution >= 0.6 is 0 Å². The van der Waals surface area contributed by atoms with Gasteiger partial charge in [0.15, 0.2) is 0 Å². The zero-order chi connectivity index (χ0) is 13.7. The highest BCUT2D eigenvalue weighted by atomic mass is 16.5. The first-order valence-electron chi connectivity index (χ1n) is 6.68. The first-order valence-corrected chi connectivity index (χ1v) is 6.68. The molecule has 102 valence electrons. The predicted octanol–water partition coefficient (Wildman–Crippen LogP) is 1.64. The SMILES string of the molecule is CN(CCOc1cccc(C#N)c1)CC(O)C1CC1. The topological polar surface area (TPSA) is 56.5 Å². The summed E-state index contributed by atoms with van der Waals surface area (Å²) in [5.74, 6) is 1.23. The van der Waals surface area contributed by atoms with E-state index in [4.69, 9.17) is 10.00 Å². The Labute approximate surface area is 114 Å². The summed E-state index contributed by atoms with van der Waals surface area (Å²) in [6, 6.07) is 9.24.